The Morgan fingerprint density at radius 2 is 1.74 bits per heavy atom. The molecule has 5 nitrogen and oxygen atoms in total. The van der Waals surface area contributed by atoms with Crippen LogP contribution >= 0.6 is 11.6 Å². The molecule has 6 heteroatoms. The molecule has 23 heavy (non-hydrogen) atoms. The number of fused-ring (bicyclic) bond motifs is 3. The van der Waals surface area contributed by atoms with Crippen LogP contribution in [0.5, 0.6) is 5.88 Å². The average Bonchev–Trinajstić information content (AvgIpc) is 2.86. The molecule has 0 radical (unpaired) electrons. The Kier molecular flexibility index (Phi) is 3.67. The fourth-order valence-corrected chi connectivity index (χ4v) is 2.84. The van der Waals surface area contributed by atoms with Gasteiger partial charge in [-0.3, -0.25) is 0 Å². The van der Waals surface area contributed by atoms with Gasteiger partial charge in [-0.05, 0) is 48.9 Å². The second kappa shape index (κ2) is 5.53. The summed E-state index contributed by atoms with van der Waals surface area (Å²) >= 11 is 5.92. The lowest BCUT2D eigenvalue weighted by atomic mass is 10.1. The molecule has 2 N–H and O–H groups in total. The largest absolute Gasteiger partial charge is 0.870 e. The summed E-state index contributed by atoms with van der Waals surface area (Å²) in [4.78, 5) is 0. The minimum absolute atomic E-state index is 0. The number of hydrogen-bond donors (Lipinski definition) is 1. The van der Waals surface area contributed by atoms with E-state index in [1.54, 1.807) is 16.6 Å². The van der Waals surface area contributed by atoms with Gasteiger partial charge in [0.2, 0.25) is 5.52 Å². The summed E-state index contributed by atoms with van der Waals surface area (Å²) in [6.07, 6.45) is 0. The zero-order valence-electron chi connectivity index (χ0n) is 12.3. The zero-order valence-corrected chi connectivity index (χ0v) is 13.1. The molecule has 2 heterocycles. The summed E-state index contributed by atoms with van der Waals surface area (Å²) in [6.45, 7) is 2.03. The van der Waals surface area contributed by atoms with Gasteiger partial charge in [0, 0.05) is 10.4 Å². The lowest BCUT2D eigenvalue weighted by Crippen LogP contribution is -2.26. The van der Waals surface area contributed by atoms with Gasteiger partial charge in [0.1, 0.15) is 5.21 Å². The number of pyridine rings is 1. The van der Waals surface area contributed by atoms with Crippen molar-refractivity contribution in [1.82, 2.24) is 9.90 Å². The van der Waals surface area contributed by atoms with E-state index < -0.39 is 0 Å². The fourth-order valence-electron chi connectivity index (χ4n) is 2.72. The summed E-state index contributed by atoms with van der Waals surface area (Å²) in [6, 6.07) is 17.1. The predicted molar refractivity (Wildman–Crippen MR) is 87.6 cm³/mol. The van der Waals surface area contributed by atoms with Crippen molar-refractivity contribution < 1.29 is 15.1 Å². The third-order valence-corrected chi connectivity index (χ3v) is 4.07. The van der Waals surface area contributed by atoms with Crippen LogP contribution in [-0.2, 0) is 0 Å². The SMILES string of the molecule is Cc1cc2c(O)n(-c3ccc(Cl)cc3)n[n+]2c2ccccc12.[OH-]. The molecule has 0 bridgehead atoms. The standard InChI is InChI=1S/C17H12ClN3O.H2O/c1-11-10-16-17(22)20(13-8-6-12(18)7-9-13)19-21(16)15-5-3-2-4-14(11)15;/h2-10H,1H3;1H2. The minimum atomic E-state index is 0. The number of rotatable bonds is 1. The Labute approximate surface area is 137 Å². The average molecular weight is 328 g/mol. The van der Waals surface area contributed by atoms with Gasteiger partial charge in [0.25, 0.3) is 0 Å². The van der Waals surface area contributed by atoms with Gasteiger partial charge >= 0.3 is 5.88 Å². The summed E-state index contributed by atoms with van der Waals surface area (Å²) in [5, 5.41) is 16.8. The number of benzene rings is 2. The first-order chi connectivity index (χ1) is 10.6. The number of hydrogen-bond acceptors (Lipinski definition) is 3. The van der Waals surface area contributed by atoms with Crippen molar-refractivity contribution in [3.05, 3.63) is 65.2 Å². The molecule has 0 saturated carbocycles. The number of aromatic hydroxyl groups is 1. The third kappa shape index (κ3) is 2.30. The minimum Gasteiger partial charge on any atom is -0.870 e. The normalized spacial score (nSPS) is 10.9. The second-order valence-electron chi connectivity index (χ2n) is 5.24. The number of aryl methyl sites for hydroxylation is 1. The molecule has 4 rings (SSSR count). The number of para-hydroxylation sites is 1. The maximum atomic E-state index is 10.5. The lowest BCUT2D eigenvalue weighted by Gasteiger charge is -1.98. The Morgan fingerprint density at radius 1 is 1.04 bits per heavy atom. The number of nitrogens with zero attached hydrogens (tertiary/aromatic N) is 3. The van der Waals surface area contributed by atoms with E-state index in [9.17, 15) is 5.11 Å². The van der Waals surface area contributed by atoms with Crippen LogP contribution in [0.3, 0.4) is 0 Å². The smallest absolute Gasteiger partial charge is 0.359 e. The molecule has 0 fully saturated rings. The van der Waals surface area contributed by atoms with Crippen molar-refractivity contribution >= 4 is 28.0 Å². The van der Waals surface area contributed by atoms with Gasteiger partial charge in [-0.25, -0.2) is 0 Å². The number of aromatic nitrogens is 3. The molecule has 2 aromatic heterocycles. The van der Waals surface area contributed by atoms with Crippen LogP contribution in [0.1, 0.15) is 5.56 Å². The van der Waals surface area contributed by atoms with Crippen LogP contribution in [0, 0.1) is 6.92 Å². The van der Waals surface area contributed by atoms with Gasteiger partial charge in [-0.1, -0.05) is 39.0 Å². The predicted octanol–water partition coefficient (Wildman–Crippen LogP) is 3.25. The van der Waals surface area contributed by atoms with Crippen LogP contribution in [0.2, 0.25) is 5.02 Å². The van der Waals surface area contributed by atoms with Crippen molar-refractivity contribution in [2.75, 3.05) is 0 Å². The first-order valence-corrected chi connectivity index (χ1v) is 7.31. The summed E-state index contributed by atoms with van der Waals surface area (Å²) in [7, 11) is 0. The molecule has 0 aliphatic carbocycles. The van der Waals surface area contributed by atoms with Crippen LogP contribution in [0.4, 0.5) is 0 Å². The van der Waals surface area contributed by atoms with E-state index in [0.717, 1.165) is 22.2 Å². The Hall–Kier alpha value is -2.63. The van der Waals surface area contributed by atoms with Crippen molar-refractivity contribution in [1.29, 1.82) is 0 Å². The van der Waals surface area contributed by atoms with E-state index in [0.29, 0.717) is 10.5 Å². The van der Waals surface area contributed by atoms with Crippen LogP contribution < -0.4 is 4.52 Å². The van der Waals surface area contributed by atoms with E-state index in [4.69, 9.17) is 11.6 Å². The molecular formula is C17H14ClN3O2. The fraction of sp³-hybridized carbons (Fsp3) is 0.0588. The second-order valence-corrected chi connectivity index (χ2v) is 5.68. The first kappa shape index (κ1) is 15.3. The highest BCUT2D eigenvalue weighted by molar-refractivity contribution is 6.30. The maximum absolute atomic E-state index is 10.5. The van der Waals surface area contributed by atoms with Gasteiger partial charge in [0.15, 0.2) is 11.2 Å². The van der Waals surface area contributed by atoms with Gasteiger partial charge in [0.05, 0.1) is 0 Å². The van der Waals surface area contributed by atoms with E-state index in [2.05, 4.69) is 11.3 Å². The maximum Gasteiger partial charge on any atom is 0.359 e. The molecule has 0 aliphatic rings. The van der Waals surface area contributed by atoms with Gasteiger partial charge < -0.3 is 10.6 Å². The van der Waals surface area contributed by atoms with Crippen molar-refractivity contribution in [2.45, 2.75) is 6.92 Å². The Morgan fingerprint density at radius 3 is 2.48 bits per heavy atom. The van der Waals surface area contributed by atoms with Crippen LogP contribution in [0.25, 0.3) is 22.1 Å². The Balaban J connectivity index is 0.00000156. The quantitative estimate of drug-likeness (QED) is 0.545. The highest BCUT2D eigenvalue weighted by Crippen LogP contribution is 2.24. The third-order valence-electron chi connectivity index (χ3n) is 3.82. The van der Waals surface area contributed by atoms with Crippen molar-refractivity contribution in [2.24, 2.45) is 0 Å². The van der Waals surface area contributed by atoms with E-state index in [1.165, 1.54) is 4.68 Å². The van der Waals surface area contributed by atoms with E-state index in [-0.39, 0.29) is 11.4 Å². The van der Waals surface area contributed by atoms with Gasteiger partial charge in [-0.2, -0.15) is 0 Å². The molecule has 0 saturated heterocycles. The summed E-state index contributed by atoms with van der Waals surface area (Å²) in [5.74, 6) is 0.108. The Bertz CT molecular complexity index is 1010. The molecule has 116 valence electrons. The molecule has 4 aromatic rings. The topological polar surface area (TPSA) is 72.2 Å². The number of halogens is 1. The van der Waals surface area contributed by atoms with Crippen LogP contribution in [0.15, 0.2) is 54.6 Å². The summed E-state index contributed by atoms with van der Waals surface area (Å²) in [5.41, 5.74) is 3.49. The molecule has 0 spiro atoms. The van der Waals surface area contributed by atoms with E-state index in [1.807, 2.05) is 43.3 Å². The first-order valence-electron chi connectivity index (χ1n) is 6.93. The molecule has 0 aliphatic heterocycles. The van der Waals surface area contributed by atoms with Crippen LogP contribution in [-0.4, -0.2) is 20.5 Å². The zero-order chi connectivity index (χ0) is 15.3. The lowest BCUT2D eigenvalue weighted by molar-refractivity contribution is -0.555. The highest BCUT2D eigenvalue weighted by atomic mass is 35.5. The summed E-state index contributed by atoms with van der Waals surface area (Å²) < 4.78 is 3.27. The van der Waals surface area contributed by atoms with Crippen molar-refractivity contribution in [3.63, 3.8) is 0 Å². The molecular weight excluding hydrogens is 314 g/mol. The molecule has 0 unspecified atom stereocenters. The van der Waals surface area contributed by atoms with Crippen molar-refractivity contribution in [3.8, 4) is 11.6 Å². The molecule has 2 aromatic carbocycles. The molecule has 0 amide bonds. The van der Waals surface area contributed by atoms with Gasteiger partial charge in [-0.15, -0.1) is 0 Å². The monoisotopic (exact) mass is 327 g/mol. The highest BCUT2D eigenvalue weighted by Gasteiger charge is 2.23. The van der Waals surface area contributed by atoms with E-state index >= 15 is 0 Å². The molecule has 0 atom stereocenters.